The molecule has 0 bridgehead atoms. The molecule has 4 nitrogen and oxygen atoms in total. The number of aromatic nitrogens is 1. The number of amides is 1. The zero-order chi connectivity index (χ0) is 12.0. The molecule has 84 valence electrons. The monoisotopic (exact) mass is 218 g/mol. The molecule has 0 spiro atoms. The molecule has 0 atom stereocenters. The van der Waals surface area contributed by atoms with Crippen LogP contribution < -0.4 is 10.1 Å². The third-order valence-corrected chi connectivity index (χ3v) is 1.88. The third-order valence-electron chi connectivity index (χ3n) is 1.88. The van der Waals surface area contributed by atoms with Gasteiger partial charge in [0, 0.05) is 24.2 Å². The van der Waals surface area contributed by atoms with E-state index in [1.807, 2.05) is 13.0 Å². The first-order valence-corrected chi connectivity index (χ1v) is 4.87. The summed E-state index contributed by atoms with van der Waals surface area (Å²) in [6, 6.07) is 1.90. The topological polar surface area (TPSA) is 51.2 Å². The van der Waals surface area contributed by atoms with E-state index in [0.717, 1.165) is 11.1 Å². The molecule has 1 aromatic rings. The number of rotatable bonds is 2. The minimum absolute atomic E-state index is 0.0849. The fourth-order valence-electron chi connectivity index (χ4n) is 1.16. The van der Waals surface area contributed by atoms with Crippen LogP contribution in [-0.4, -0.2) is 24.5 Å². The first-order valence-electron chi connectivity index (χ1n) is 4.87. The number of carbonyl (C=O) groups excluding carboxylic acids is 1. The summed E-state index contributed by atoms with van der Waals surface area (Å²) in [6.07, 6.45) is 1.65. The Morgan fingerprint density at radius 3 is 2.94 bits per heavy atom. The molecule has 1 heterocycles. The number of nitrogens with zero attached hydrogens (tertiary/aromatic N) is 1. The Hall–Kier alpha value is -2.02. The minimum atomic E-state index is -0.0849. The second-order valence-electron chi connectivity index (χ2n) is 3.26. The van der Waals surface area contributed by atoms with Crippen LogP contribution in [0.1, 0.15) is 18.1 Å². The highest BCUT2D eigenvalue weighted by atomic mass is 16.5. The Balaban J connectivity index is 2.67. The molecule has 0 radical (unpaired) electrons. The standard InChI is InChI=1S/C12H14N2O2/c1-9-7-11(8-14-12(9)16-3)5-4-6-13-10(2)15/h7-8H,6H2,1-3H3,(H,13,15). The molecule has 1 rings (SSSR count). The summed E-state index contributed by atoms with van der Waals surface area (Å²) in [6.45, 7) is 3.71. The SMILES string of the molecule is COc1ncc(C#CCNC(C)=O)cc1C. The maximum atomic E-state index is 10.6. The number of methoxy groups -OCH3 is 1. The summed E-state index contributed by atoms with van der Waals surface area (Å²) in [5.41, 5.74) is 1.75. The van der Waals surface area contributed by atoms with Crippen LogP contribution in [0.3, 0.4) is 0 Å². The molecule has 0 saturated heterocycles. The van der Waals surface area contributed by atoms with Crippen molar-refractivity contribution in [1.29, 1.82) is 0 Å². The molecule has 0 unspecified atom stereocenters. The first-order chi connectivity index (χ1) is 7.63. The molecule has 0 aromatic carbocycles. The van der Waals surface area contributed by atoms with Gasteiger partial charge in [-0.2, -0.15) is 0 Å². The van der Waals surface area contributed by atoms with E-state index < -0.39 is 0 Å². The van der Waals surface area contributed by atoms with Crippen molar-refractivity contribution < 1.29 is 9.53 Å². The van der Waals surface area contributed by atoms with Crippen molar-refractivity contribution in [1.82, 2.24) is 10.3 Å². The predicted molar refractivity (Wildman–Crippen MR) is 61.1 cm³/mol. The summed E-state index contributed by atoms with van der Waals surface area (Å²) in [5.74, 6) is 6.26. The quantitative estimate of drug-likeness (QED) is 0.750. The van der Waals surface area contributed by atoms with Crippen LogP contribution in [0.2, 0.25) is 0 Å². The Labute approximate surface area is 95.0 Å². The molecule has 16 heavy (non-hydrogen) atoms. The van der Waals surface area contributed by atoms with Crippen molar-refractivity contribution in [3.63, 3.8) is 0 Å². The van der Waals surface area contributed by atoms with E-state index >= 15 is 0 Å². The van der Waals surface area contributed by atoms with Crippen LogP contribution in [0, 0.1) is 18.8 Å². The van der Waals surface area contributed by atoms with Crippen molar-refractivity contribution in [2.45, 2.75) is 13.8 Å². The number of aryl methyl sites for hydroxylation is 1. The zero-order valence-corrected chi connectivity index (χ0v) is 9.63. The minimum Gasteiger partial charge on any atom is -0.481 e. The average molecular weight is 218 g/mol. The predicted octanol–water partition coefficient (Wildman–Crippen LogP) is 0.886. The fourth-order valence-corrected chi connectivity index (χ4v) is 1.16. The second kappa shape index (κ2) is 5.76. The number of hydrogen-bond acceptors (Lipinski definition) is 3. The molecule has 1 amide bonds. The maximum absolute atomic E-state index is 10.6. The molecule has 0 saturated carbocycles. The molecule has 1 N–H and O–H groups in total. The van der Waals surface area contributed by atoms with Crippen LogP contribution in [0.25, 0.3) is 0 Å². The Bertz CT molecular complexity index is 444. The number of hydrogen-bond donors (Lipinski definition) is 1. The summed E-state index contributed by atoms with van der Waals surface area (Å²) >= 11 is 0. The van der Waals surface area contributed by atoms with E-state index in [9.17, 15) is 4.79 Å². The van der Waals surface area contributed by atoms with Gasteiger partial charge in [0.2, 0.25) is 11.8 Å². The van der Waals surface area contributed by atoms with Crippen LogP contribution in [-0.2, 0) is 4.79 Å². The number of pyridine rings is 1. The summed E-state index contributed by atoms with van der Waals surface area (Å²) in [4.78, 5) is 14.7. The molecule has 0 aliphatic rings. The van der Waals surface area contributed by atoms with Gasteiger partial charge in [0.05, 0.1) is 13.7 Å². The van der Waals surface area contributed by atoms with Gasteiger partial charge < -0.3 is 10.1 Å². The third kappa shape index (κ3) is 3.62. The zero-order valence-electron chi connectivity index (χ0n) is 9.63. The van der Waals surface area contributed by atoms with E-state index in [0.29, 0.717) is 12.4 Å². The van der Waals surface area contributed by atoms with Gasteiger partial charge in [-0.15, -0.1) is 0 Å². The highest BCUT2D eigenvalue weighted by molar-refractivity contribution is 5.73. The first kappa shape index (κ1) is 12.1. The van der Waals surface area contributed by atoms with E-state index in [2.05, 4.69) is 22.1 Å². The van der Waals surface area contributed by atoms with E-state index in [4.69, 9.17) is 4.74 Å². The summed E-state index contributed by atoms with van der Waals surface area (Å²) in [7, 11) is 1.58. The number of carbonyl (C=O) groups is 1. The fraction of sp³-hybridized carbons (Fsp3) is 0.333. The van der Waals surface area contributed by atoms with Crippen molar-refractivity contribution in [3.05, 3.63) is 23.4 Å². The van der Waals surface area contributed by atoms with E-state index in [1.54, 1.807) is 13.3 Å². The van der Waals surface area contributed by atoms with E-state index in [-0.39, 0.29) is 5.91 Å². The maximum Gasteiger partial charge on any atom is 0.217 e. The Morgan fingerprint density at radius 2 is 2.38 bits per heavy atom. The van der Waals surface area contributed by atoms with Crippen molar-refractivity contribution in [2.24, 2.45) is 0 Å². The molecule has 0 aliphatic carbocycles. The van der Waals surface area contributed by atoms with Gasteiger partial charge in [0.15, 0.2) is 0 Å². The lowest BCUT2D eigenvalue weighted by atomic mass is 10.2. The molecule has 0 fully saturated rings. The van der Waals surface area contributed by atoms with Crippen LogP contribution in [0.15, 0.2) is 12.3 Å². The molecular formula is C12H14N2O2. The molecule has 4 heteroatoms. The van der Waals surface area contributed by atoms with Crippen LogP contribution in [0.5, 0.6) is 5.88 Å². The van der Waals surface area contributed by atoms with Gasteiger partial charge in [-0.05, 0) is 13.0 Å². The van der Waals surface area contributed by atoms with Crippen molar-refractivity contribution >= 4 is 5.91 Å². The molecule has 0 aliphatic heterocycles. The second-order valence-corrected chi connectivity index (χ2v) is 3.26. The Morgan fingerprint density at radius 1 is 1.62 bits per heavy atom. The Kier molecular flexibility index (Phi) is 4.34. The van der Waals surface area contributed by atoms with Gasteiger partial charge in [-0.25, -0.2) is 4.98 Å². The van der Waals surface area contributed by atoms with Gasteiger partial charge in [-0.1, -0.05) is 11.8 Å². The van der Waals surface area contributed by atoms with Gasteiger partial charge in [-0.3, -0.25) is 4.79 Å². The van der Waals surface area contributed by atoms with Gasteiger partial charge >= 0.3 is 0 Å². The van der Waals surface area contributed by atoms with Gasteiger partial charge in [0.1, 0.15) is 0 Å². The number of ether oxygens (including phenoxy) is 1. The lowest BCUT2D eigenvalue weighted by Crippen LogP contribution is -2.19. The smallest absolute Gasteiger partial charge is 0.217 e. The van der Waals surface area contributed by atoms with Crippen LogP contribution >= 0.6 is 0 Å². The molecule has 1 aromatic heterocycles. The van der Waals surface area contributed by atoms with Crippen molar-refractivity contribution in [2.75, 3.05) is 13.7 Å². The van der Waals surface area contributed by atoms with Crippen molar-refractivity contribution in [3.8, 4) is 17.7 Å². The number of nitrogens with one attached hydrogen (secondary N) is 1. The lowest BCUT2D eigenvalue weighted by Gasteiger charge is -2.02. The normalized spacial score (nSPS) is 8.94. The summed E-state index contributed by atoms with van der Waals surface area (Å²) in [5, 5.41) is 2.60. The largest absolute Gasteiger partial charge is 0.481 e. The molecular weight excluding hydrogens is 204 g/mol. The summed E-state index contributed by atoms with van der Waals surface area (Å²) < 4.78 is 5.04. The average Bonchev–Trinajstić information content (AvgIpc) is 2.24. The highest BCUT2D eigenvalue weighted by Crippen LogP contribution is 2.13. The van der Waals surface area contributed by atoms with Crippen LogP contribution in [0.4, 0.5) is 0 Å². The lowest BCUT2D eigenvalue weighted by molar-refractivity contribution is -0.118. The van der Waals surface area contributed by atoms with E-state index in [1.165, 1.54) is 6.92 Å². The highest BCUT2D eigenvalue weighted by Gasteiger charge is 1.98. The van der Waals surface area contributed by atoms with Gasteiger partial charge in [0.25, 0.3) is 0 Å².